The van der Waals surface area contributed by atoms with Gasteiger partial charge in [-0.3, -0.25) is 9.67 Å². The second-order valence-electron chi connectivity index (χ2n) is 4.71. The Balaban J connectivity index is 2.18. The summed E-state index contributed by atoms with van der Waals surface area (Å²) < 4.78 is 1.82. The molecule has 0 radical (unpaired) electrons. The highest BCUT2D eigenvalue weighted by atomic mass is 15.3. The van der Waals surface area contributed by atoms with E-state index in [0.29, 0.717) is 0 Å². The highest BCUT2D eigenvalue weighted by Gasteiger charge is 2.15. The molecule has 2 heterocycles. The first-order chi connectivity index (χ1) is 9.20. The number of hydrogen-bond donors (Lipinski definition) is 1. The van der Waals surface area contributed by atoms with Crippen LogP contribution in [0.5, 0.6) is 0 Å². The standard InChI is InChI=1S/C14H21N5/c1-4-8-15-13(9-14-16-10-17-19(14)3)12-7-5-6-11(2)18-12/h5-7,10,13,15H,4,8-9H2,1-3H3. The maximum atomic E-state index is 4.62. The lowest BCUT2D eigenvalue weighted by molar-refractivity contribution is 0.496. The summed E-state index contributed by atoms with van der Waals surface area (Å²) in [5.74, 6) is 0.969. The van der Waals surface area contributed by atoms with E-state index in [1.807, 2.05) is 24.7 Å². The third kappa shape index (κ3) is 3.61. The van der Waals surface area contributed by atoms with Crippen molar-refractivity contribution in [2.24, 2.45) is 7.05 Å². The lowest BCUT2D eigenvalue weighted by Crippen LogP contribution is -2.26. The monoisotopic (exact) mass is 259 g/mol. The molecule has 0 amide bonds. The number of rotatable bonds is 6. The molecule has 0 saturated heterocycles. The second kappa shape index (κ2) is 6.43. The molecule has 1 unspecified atom stereocenters. The highest BCUT2D eigenvalue weighted by Crippen LogP contribution is 2.15. The summed E-state index contributed by atoms with van der Waals surface area (Å²) in [6.07, 6.45) is 3.49. The molecule has 0 aliphatic carbocycles. The maximum absolute atomic E-state index is 4.62. The molecule has 5 heteroatoms. The number of nitrogens with zero attached hydrogens (tertiary/aromatic N) is 4. The van der Waals surface area contributed by atoms with Crippen molar-refractivity contribution in [1.82, 2.24) is 25.1 Å². The zero-order valence-corrected chi connectivity index (χ0v) is 11.8. The Labute approximate surface area is 114 Å². The lowest BCUT2D eigenvalue weighted by atomic mass is 10.1. The molecule has 1 atom stereocenters. The summed E-state index contributed by atoms with van der Waals surface area (Å²) >= 11 is 0. The molecule has 0 aliphatic rings. The van der Waals surface area contributed by atoms with Crippen LogP contribution in [0.4, 0.5) is 0 Å². The summed E-state index contributed by atoms with van der Waals surface area (Å²) in [6, 6.07) is 6.32. The number of nitrogens with one attached hydrogen (secondary N) is 1. The van der Waals surface area contributed by atoms with Crippen molar-refractivity contribution in [3.63, 3.8) is 0 Å². The highest BCUT2D eigenvalue weighted by molar-refractivity contribution is 5.15. The fourth-order valence-electron chi connectivity index (χ4n) is 2.05. The van der Waals surface area contributed by atoms with Crippen LogP contribution in [0.15, 0.2) is 24.5 Å². The molecule has 1 N–H and O–H groups in total. The van der Waals surface area contributed by atoms with Gasteiger partial charge in [-0.1, -0.05) is 13.0 Å². The predicted molar refractivity (Wildman–Crippen MR) is 74.7 cm³/mol. The fourth-order valence-corrected chi connectivity index (χ4v) is 2.05. The van der Waals surface area contributed by atoms with E-state index in [1.54, 1.807) is 6.33 Å². The van der Waals surface area contributed by atoms with Crippen LogP contribution < -0.4 is 5.32 Å². The SMILES string of the molecule is CCCNC(Cc1ncnn1C)c1cccc(C)n1. The quantitative estimate of drug-likeness (QED) is 0.859. The molecule has 0 aromatic carbocycles. The van der Waals surface area contributed by atoms with Gasteiger partial charge in [-0.25, -0.2) is 4.98 Å². The predicted octanol–water partition coefficient (Wildman–Crippen LogP) is 1.80. The first kappa shape index (κ1) is 13.7. The summed E-state index contributed by atoms with van der Waals surface area (Å²) in [5.41, 5.74) is 2.11. The Morgan fingerprint density at radius 2 is 2.21 bits per heavy atom. The van der Waals surface area contributed by atoms with E-state index in [2.05, 4.69) is 39.4 Å². The van der Waals surface area contributed by atoms with Gasteiger partial charge in [0, 0.05) is 19.2 Å². The van der Waals surface area contributed by atoms with Crippen molar-refractivity contribution < 1.29 is 0 Å². The number of pyridine rings is 1. The van der Waals surface area contributed by atoms with Crippen LogP contribution in [0.1, 0.15) is 36.6 Å². The molecule has 2 aromatic rings. The number of hydrogen-bond acceptors (Lipinski definition) is 4. The zero-order valence-electron chi connectivity index (χ0n) is 11.8. The van der Waals surface area contributed by atoms with Gasteiger partial charge in [0.2, 0.25) is 0 Å². The van der Waals surface area contributed by atoms with Crippen LogP contribution in [0.2, 0.25) is 0 Å². The van der Waals surface area contributed by atoms with E-state index < -0.39 is 0 Å². The van der Waals surface area contributed by atoms with Crippen LogP contribution in [0.3, 0.4) is 0 Å². The second-order valence-corrected chi connectivity index (χ2v) is 4.71. The van der Waals surface area contributed by atoms with E-state index in [1.165, 1.54) is 0 Å². The minimum atomic E-state index is 0.183. The normalized spacial score (nSPS) is 12.6. The smallest absolute Gasteiger partial charge is 0.138 e. The fraction of sp³-hybridized carbons (Fsp3) is 0.500. The van der Waals surface area contributed by atoms with E-state index in [9.17, 15) is 0 Å². The topological polar surface area (TPSA) is 55.6 Å². The summed E-state index contributed by atoms with van der Waals surface area (Å²) in [6.45, 7) is 5.15. The van der Waals surface area contributed by atoms with Crippen molar-refractivity contribution in [2.45, 2.75) is 32.7 Å². The van der Waals surface area contributed by atoms with Gasteiger partial charge in [-0.05, 0) is 32.0 Å². The van der Waals surface area contributed by atoms with E-state index in [0.717, 1.165) is 36.6 Å². The molecule has 0 spiro atoms. The molecule has 0 saturated carbocycles. The third-order valence-electron chi connectivity index (χ3n) is 3.10. The molecule has 0 bridgehead atoms. The Morgan fingerprint density at radius 1 is 1.37 bits per heavy atom. The molecule has 102 valence electrons. The van der Waals surface area contributed by atoms with Crippen molar-refractivity contribution in [1.29, 1.82) is 0 Å². The summed E-state index contributed by atoms with van der Waals surface area (Å²) in [5, 5.41) is 7.65. The average molecular weight is 259 g/mol. The minimum Gasteiger partial charge on any atom is -0.308 e. The molecule has 0 aliphatic heterocycles. The van der Waals surface area contributed by atoms with Gasteiger partial charge >= 0.3 is 0 Å². The first-order valence-corrected chi connectivity index (χ1v) is 6.70. The average Bonchev–Trinajstić information content (AvgIpc) is 2.80. The molecule has 0 fully saturated rings. The number of aryl methyl sites for hydroxylation is 2. The van der Waals surface area contributed by atoms with E-state index >= 15 is 0 Å². The van der Waals surface area contributed by atoms with E-state index in [4.69, 9.17) is 0 Å². The molecule has 19 heavy (non-hydrogen) atoms. The van der Waals surface area contributed by atoms with Gasteiger partial charge in [0.05, 0.1) is 11.7 Å². The van der Waals surface area contributed by atoms with Gasteiger partial charge in [-0.2, -0.15) is 5.10 Å². The number of aromatic nitrogens is 4. The van der Waals surface area contributed by atoms with Gasteiger partial charge in [-0.15, -0.1) is 0 Å². The van der Waals surface area contributed by atoms with Gasteiger partial charge in [0.25, 0.3) is 0 Å². The summed E-state index contributed by atoms with van der Waals surface area (Å²) in [4.78, 5) is 8.91. The van der Waals surface area contributed by atoms with Gasteiger partial charge in [0.15, 0.2) is 0 Å². The third-order valence-corrected chi connectivity index (χ3v) is 3.10. The van der Waals surface area contributed by atoms with Crippen LogP contribution in [0, 0.1) is 6.92 Å². The first-order valence-electron chi connectivity index (χ1n) is 6.70. The Hall–Kier alpha value is -1.75. The summed E-state index contributed by atoms with van der Waals surface area (Å²) in [7, 11) is 1.92. The maximum Gasteiger partial charge on any atom is 0.138 e. The molecular weight excluding hydrogens is 238 g/mol. The molecule has 2 aromatic heterocycles. The Bertz CT molecular complexity index is 520. The zero-order chi connectivity index (χ0) is 13.7. The van der Waals surface area contributed by atoms with E-state index in [-0.39, 0.29) is 6.04 Å². The largest absolute Gasteiger partial charge is 0.308 e. The van der Waals surface area contributed by atoms with Crippen molar-refractivity contribution in [3.8, 4) is 0 Å². The van der Waals surface area contributed by atoms with Crippen molar-refractivity contribution >= 4 is 0 Å². The van der Waals surface area contributed by atoms with Crippen LogP contribution in [-0.4, -0.2) is 26.3 Å². The Morgan fingerprint density at radius 3 is 2.84 bits per heavy atom. The molecular formula is C14H21N5. The molecule has 5 nitrogen and oxygen atoms in total. The molecule has 2 rings (SSSR count). The van der Waals surface area contributed by atoms with Gasteiger partial charge < -0.3 is 5.32 Å². The van der Waals surface area contributed by atoms with Crippen molar-refractivity contribution in [3.05, 3.63) is 41.7 Å². The Kier molecular flexibility index (Phi) is 4.63. The lowest BCUT2D eigenvalue weighted by Gasteiger charge is -2.18. The minimum absolute atomic E-state index is 0.183. The van der Waals surface area contributed by atoms with Crippen LogP contribution in [-0.2, 0) is 13.5 Å². The van der Waals surface area contributed by atoms with Crippen LogP contribution in [0.25, 0.3) is 0 Å². The van der Waals surface area contributed by atoms with Crippen molar-refractivity contribution in [2.75, 3.05) is 6.54 Å². The van der Waals surface area contributed by atoms with Gasteiger partial charge in [0.1, 0.15) is 12.2 Å². The van der Waals surface area contributed by atoms with Crippen LogP contribution >= 0.6 is 0 Å².